The van der Waals surface area contributed by atoms with Crippen LogP contribution in [0.1, 0.15) is 55.0 Å². The van der Waals surface area contributed by atoms with Gasteiger partial charge in [-0.15, -0.1) is 0 Å². The van der Waals surface area contributed by atoms with Crippen LogP contribution in [0.2, 0.25) is 0 Å². The molecule has 1 amide bonds. The van der Waals surface area contributed by atoms with Gasteiger partial charge >= 0.3 is 0 Å². The van der Waals surface area contributed by atoms with Gasteiger partial charge in [-0.3, -0.25) is 4.79 Å². The smallest absolute Gasteiger partial charge is 0.227 e. The third-order valence-corrected chi connectivity index (χ3v) is 9.24. The predicted octanol–water partition coefficient (Wildman–Crippen LogP) is 5.07. The van der Waals surface area contributed by atoms with Gasteiger partial charge in [0.2, 0.25) is 5.91 Å². The molecule has 0 bridgehead atoms. The third-order valence-electron chi connectivity index (χ3n) is 7.52. The largest absolute Gasteiger partial charge is 0.361 e. The van der Waals surface area contributed by atoms with Crippen molar-refractivity contribution in [2.45, 2.75) is 51.6 Å². The highest BCUT2D eigenvalue weighted by Crippen LogP contribution is 2.41. The zero-order valence-electron chi connectivity index (χ0n) is 20.6. The van der Waals surface area contributed by atoms with Crippen molar-refractivity contribution in [2.75, 3.05) is 16.4 Å². The summed E-state index contributed by atoms with van der Waals surface area (Å²) in [5.41, 5.74) is 4.75. The number of benzene rings is 2. The van der Waals surface area contributed by atoms with Crippen molar-refractivity contribution in [3.63, 3.8) is 0 Å². The summed E-state index contributed by atoms with van der Waals surface area (Å²) in [7, 11) is -3.06. The van der Waals surface area contributed by atoms with Crippen molar-refractivity contribution < 1.29 is 22.1 Å². The molecule has 10 heteroatoms. The van der Waals surface area contributed by atoms with Crippen LogP contribution in [0.15, 0.2) is 47.0 Å². The van der Waals surface area contributed by atoms with Crippen LogP contribution in [0, 0.1) is 19.7 Å². The first-order valence-corrected chi connectivity index (χ1v) is 14.3. The maximum Gasteiger partial charge on any atom is 0.227 e. The molecule has 2 saturated heterocycles. The van der Waals surface area contributed by atoms with E-state index in [2.05, 4.69) is 9.72 Å². The number of nitrogens with zero attached hydrogens (tertiary/aromatic N) is 4. The van der Waals surface area contributed by atoms with Crippen LogP contribution in [0.25, 0.3) is 22.2 Å². The van der Waals surface area contributed by atoms with E-state index in [-0.39, 0.29) is 29.5 Å². The second-order valence-electron chi connectivity index (χ2n) is 9.92. The lowest BCUT2D eigenvalue weighted by molar-refractivity contribution is -0.117. The van der Waals surface area contributed by atoms with E-state index < -0.39 is 15.7 Å². The number of hydrogen-bond acceptors (Lipinski definition) is 6. The Labute approximate surface area is 214 Å². The maximum absolute atomic E-state index is 14.1. The number of amides is 1. The van der Waals surface area contributed by atoms with Gasteiger partial charge in [-0.25, -0.2) is 17.8 Å². The van der Waals surface area contributed by atoms with Gasteiger partial charge in [0, 0.05) is 23.7 Å². The van der Waals surface area contributed by atoms with Gasteiger partial charge in [0.1, 0.15) is 27.2 Å². The number of hydrogen-bond donors (Lipinski definition) is 0. The number of rotatable bonds is 4. The topological polar surface area (TPSA) is 98.3 Å². The number of carbonyl (C=O) groups is 1. The minimum atomic E-state index is -3.06. The molecule has 192 valence electrons. The van der Waals surface area contributed by atoms with E-state index >= 15 is 0 Å². The molecular formula is C27H27FN4O4S. The fourth-order valence-electron chi connectivity index (χ4n) is 5.80. The van der Waals surface area contributed by atoms with Gasteiger partial charge in [0.05, 0.1) is 34.3 Å². The summed E-state index contributed by atoms with van der Waals surface area (Å²) in [5.74, 6) is 1.15. The Balaban J connectivity index is 1.51. The average Bonchev–Trinajstić information content (AvgIpc) is 3.53. The van der Waals surface area contributed by atoms with Crippen LogP contribution in [0.4, 0.5) is 10.1 Å². The standard InChI is InChI=1S/C27H27FN4O4S/c1-16-26(17(2)36-30-16)18-6-7-23-22(14-18)29-27(32(23)20-10-12-37(34,35)13-11-20)24-8-9-25(33)31(24)21-5-3-4-19(28)15-21/h3-7,14-15,20,24H,8-13H2,1-2H3/t24-/m0/s1. The highest BCUT2D eigenvalue weighted by atomic mass is 32.2. The van der Waals surface area contributed by atoms with Crippen LogP contribution in [-0.2, 0) is 14.6 Å². The van der Waals surface area contributed by atoms with Crippen LogP contribution in [-0.4, -0.2) is 40.5 Å². The predicted molar refractivity (Wildman–Crippen MR) is 137 cm³/mol. The van der Waals surface area contributed by atoms with E-state index in [1.165, 1.54) is 12.1 Å². The Morgan fingerprint density at radius 3 is 2.54 bits per heavy atom. The second-order valence-corrected chi connectivity index (χ2v) is 12.2. The maximum atomic E-state index is 14.1. The molecule has 0 aliphatic carbocycles. The number of sulfone groups is 1. The molecule has 0 unspecified atom stereocenters. The molecule has 8 nitrogen and oxygen atoms in total. The Kier molecular flexibility index (Phi) is 5.67. The number of halogens is 1. The first-order valence-electron chi connectivity index (χ1n) is 12.4. The molecule has 6 rings (SSSR count). The summed E-state index contributed by atoms with van der Waals surface area (Å²) in [6, 6.07) is 11.6. The van der Waals surface area contributed by atoms with Gasteiger partial charge in [0.25, 0.3) is 0 Å². The minimum Gasteiger partial charge on any atom is -0.361 e. The lowest BCUT2D eigenvalue weighted by Gasteiger charge is -2.30. The average molecular weight is 523 g/mol. The highest BCUT2D eigenvalue weighted by molar-refractivity contribution is 7.91. The molecule has 4 aromatic rings. The normalized spacial score (nSPS) is 20.2. The fourth-order valence-corrected chi connectivity index (χ4v) is 7.27. The Morgan fingerprint density at radius 1 is 1.05 bits per heavy atom. The van der Waals surface area contributed by atoms with Crippen molar-refractivity contribution >= 4 is 32.5 Å². The molecule has 0 N–H and O–H groups in total. The number of fused-ring (bicyclic) bond motifs is 1. The number of imidazole rings is 1. The first-order chi connectivity index (χ1) is 17.7. The van der Waals surface area contributed by atoms with Gasteiger partial charge in [0.15, 0.2) is 0 Å². The van der Waals surface area contributed by atoms with E-state index in [1.807, 2.05) is 32.0 Å². The first kappa shape index (κ1) is 23.8. The summed E-state index contributed by atoms with van der Waals surface area (Å²) in [6.45, 7) is 3.76. The fraction of sp³-hybridized carbons (Fsp3) is 0.370. The van der Waals surface area contributed by atoms with Crippen molar-refractivity contribution in [1.82, 2.24) is 14.7 Å². The quantitative estimate of drug-likeness (QED) is 0.371. The van der Waals surface area contributed by atoms with Crippen LogP contribution in [0.3, 0.4) is 0 Å². The lowest BCUT2D eigenvalue weighted by atomic mass is 10.0. The van der Waals surface area contributed by atoms with E-state index in [9.17, 15) is 17.6 Å². The summed E-state index contributed by atoms with van der Waals surface area (Å²) in [6.07, 6.45) is 1.83. The van der Waals surface area contributed by atoms with Crippen LogP contribution >= 0.6 is 0 Å². The van der Waals surface area contributed by atoms with Crippen molar-refractivity contribution in [3.8, 4) is 11.1 Å². The number of carbonyl (C=O) groups excluding carboxylic acids is 1. The third kappa shape index (κ3) is 4.13. The van der Waals surface area contributed by atoms with E-state index in [1.54, 1.807) is 17.0 Å². The zero-order valence-corrected chi connectivity index (χ0v) is 21.5. The summed E-state index contributed by atoms with van der Waals surface area (Å²) >= 11 is 0. The Morgan fingerprint density at radius 2 is 1.84 bits per heavy atom. The number of aryl methyl sites for hydroxylation is 2. The molecular weight excluding hydrogens is 495 g/mol. The molecule has 2 fully saturated rings. The van der Waals surface area contributed by atoms with Gasteiger partial charge in [-0.1, -0.05) is 17.3 Å². The van der Waals surface area contributed by atoms with Crippen LogP contribution in [0.5, 0.6) is 0 Å². The van der Waals surface area contributed by atoms with Crippen molar-refractivity contribution in [1.29, 1.82) is 0 Å². The summed E-state index contributed by atoms with van der Waals surface area (Å²) in [4.78, 5) is 19.7. The van der Waals surface area contributed by atoms with Gasteiger partial charge in [-0.2, -0.15) is 0 Å². The molecule has 0 spiro atoms. The van der Waals surface area contributed by atoms with E-state index in [0.717, 1.165) is 27.9 Å². The van der Waals surface area contributed by atoms with Gasteiger partial charge in [-0.05, 0) is 69.0 Å². The molecule has 1 atom stereocenters. The van der Waals surface area contributed by atoms with Crippen LogP contribution < -0.4 is 4.90 Å². The number of aromatic nitrogens is 3. The number of anilines is 1. The molecule has 0 saturated carbocycles. The SMILES string of the molecule is Cc1noc(C)c1-c1ccc2c(c1)nc([C@@H]1CCC(=O)N1c1cccc(F)c1)n2C1CCS(=O)(=O)CC1. The summed E-state index contributed by atoms with van der Waals surface area (Å²) < 4.78 is 46.0. The van der Waals surface area contributed by atoms with Crippen molar-refractivity contribution in [3.05, 3.63) is 65.6 Å². The monoisotopic (exact) mass is 522 g/mol. The molecule has 2 aliphatic rings. The Bertz CT molecular complexity index is 1610. The highest BCUT2D eigenvalue weighted by Gasteiger charge is 2.39. The summed E-state index contributed by atoms with van der Waals surface area (Å²) in [5, 5.41) is 4.07. The molecule has 37 heavy (non-hydrogen) atoms. The van der Waals surface area contributed by atoms with Gasteiger partial charge < -0.3 is 14.0 Å². The molecule has 2 aromatic carbocycles. The van der Waals surface area contributed by atoms with E-state index in [0.29, 0.717) is 43.0 Å². The lowest BCUT2D eigenvalue weighted by Crippen LogP contribution is -2.32. The molecule has 0 radical (unpaired) electrons. The minimum absolute atomic E-state index is 0.0708. The molecule has 4 heterocycles. The second kappa shape index (κ2) is 8.79. The van der Waals surface area contributed by atoms with E-state index in [4.69, 9.17) is 9.51 Å². The van der Waals surface area contributed by atoms with Crippen molar-refractivity contribution in [2.24, 2.45) is 0 Å². The Hall–Kier alpha value is -3.53. The molecule has 2 aromatic heterocycles. The molecule has 2 aliphatic heterocycles. The zero-order chi connectivity index (χ0) is 25.9.